The smallest absolute Gasteiger partial charge is 0.246 e. The van der Waals surface area contributed by atoms with Crippen LogP contribution in [0.15, 0.2) is 18.2 Å². The van der Waals surface area contributed by atoms with E-state index < -0.39 is 0 Å². The van der Waals surface area contributed by atoms with Gasteiger partial charge in [0.25, 0.3) is 0 Å². The van der Waals surface area contributed by atoms with E-state index in [0.717, 1.165) is 0 Å². The topological polar surface area (TPSA) is 66.0 Å². The van der Waals surface area contributed by atoms with Gasteiger partial charge in [-0.2, -0.15) is 0 Å². The molecule has 1 aliphatic rings. The second-order valence-corrected chi connectivity index (χ2v) is 4.07. The summed E-state index contributed by atoms with van der Waals surface area (Å²) in [6.45, 7) is 3.16. The molecule has 0 unspecified atom stereocenters. The Balaban J connectivity index is 1.66. The molecule has 0 aromatic heterocycles. The van der Waals surface area contributed by atoms with Crippen LogP contribution < -0.4 is 19.5 Å². The van der Waals surface area contributed by atoms with E-state index in [-0.39, 0.29) is 32.5 Å². The SMILES string of the molecule is CCOCC(=O)NCC#CCOc1ccc2c(c1)OCO2. The van der Waals surface area contributed by atoms with Gasteiger partial charge in [0.05, 0.1) is 6.54 Å². The van der Waals surface area contributed by atoms with Crippen molar-refractivity contribution in [3.05, 3.63) is 18.2 Å². The molecule has 2 rings (SSSR count). The Hall–Kier alpha value is -2.39. The number of hydrogen-bond donors (Lipinski definition) is 1. The number of nitrogens with one attached hydrogen (secondary N) is 1. The number of ether oxygens (including phenoxy) is 4. The Kier molecular flexibility index (Phi) is 5.73. The Morgan fingerprint density at radius 2 is 2.19 bits per heavy atom. The third-order valence-corrected chi connectivity index (χ3v) is 2.59. The van der Waals surface area contributed by atoms with Crippen LogP contribution in [0.1, 0.15) is 6.92 Å². The van der Waals surface area contributed by atoms with Gasteiger partial charge in [0, 0.05) is 12.7 Å². The maximum atomic E-state index is 11.2. The van der Waals surface area contributed by atoms with Crippen LogP contribution in [0, 0.1) is 11.8 Å². The van der Waals surface area contributed by atoms with Crippen LogP contribution in [-0.2, 0) is 9.53 Å². The summed E-state index contributed by atoms with van der Waals surface area (Å²) < 4.78 is 20.9. The average Bonchev–Trinajstić information content (AvgIpc) is 2.96. The van der Waals surface area contributed by atoms with Crippen LogP contribution in [0.3, 0.4) is 0 Å². The van der Waals surface area contributed by atoms with Gasteiger partial charge in [-0.3, -0.25) is 4.79 Å². The van der Waals surface area contributed by atoms with Crippen LogP contribution in [0.4, 0.5) is 0 Å². The van der Waals surface area contributed by atoms with E-state index in [9.17, 15) is 4.79 Å². The van der Waals surface area contributed by atoms with Crippen molar-refractivity contribution >= 4 is 5.91 Å². The lowest BCUT2D eigenvalue weighted by Gasteiger charge is -2.03. The van der Waals surface area contributed by atoms with Crippen LogP contribution in [0.25, 0.3) is 0 Å². The molecule has 21 heavy (non-hydrogen) atoms. The van der Waals surface area contributed by atoms with Crippen LogP contribution in [0.2, 0.25) is 0 Å². The summed E-state index contributed by atoms with van der Waals surface area (Å²) >= 11 is 0. The fourth-order valence-corrected chi connectivity index (χ4v) is 1.59. The molecule has 0 fully saturated rings. The lowest BCUT2D eigenvalue weighted by atomic mass is 10.3. The Bertz CT molecular complexity index is 547. The number of carbonyl (C=O) groups excluding carboxylic acids is 1. The maximum Gasteiger partial charge on any atom is 0.246 e. The summed E-state index contributed by atoms with van der Waals surface area (Å²) in [4.78, 5) is 11.2. The predicted molar refractivity (Wildman–Crippen MR) is 75.3 cm³/mol. The van der Waals surface area contributed by atoms with Crippen molar-refractivity contribution in [3.8, 4) is 29.1 Å². The molecule has 0 radical (unpaired) electrons. The quantitative estimate of drug-likeness (QED) is 0.791. The molecule has 1 aliphatic heterocycles. The van der Waals surface area contributed by atoms with Gasteiger partial charge in [0.15, 0.2) is 11.5 Å². The lowest BCUT2D eigenvalue weighted by molar-refractivity contribution is -0.125. The zero-order valence-corrected chi connectivity index (χ0v) is 11.8. The predicted octanol–water partition coefficient (Wildman–Crippen LogP) is 0.950. The van der Waals surface area contributed by atoms with E-state index in [1.54, 1.807) is 18.2 Å². The van der Waals surface area contributed by atoms with Crippen molar-refractivity contribution in [1.29, 1.82) is 0 Å². The number of amides is 1. The van der Waals surface area contributed by atoms with Crippen molar-refractivity contribution in [2.75, 3.05) is 33.2 Å². The lowest BCUT2D eigenvalue weighted by Crippen LogP contribution is -2.27. The molecule has 1 aromatic rings. The number of rotatable bonds is 6. The summed E-state index contributed by atoms with van der Waals surface area (Å²) in [5, 5.41) is 2.62. The molecule has 6 nitrogen and oxygen atoms in total. The minimum atomic E-state index is -0.178. The van der Waals surface area contributed by atoms with E-state index in [2.05, 4.69) is 17.2 Å². The third-order valence-electron chi connectivity index (χ3n) is 2.59. The van der Waals surface area contributed by atoms with Gasteiger partial charge in [0.2, 0.25) is 12.7 Å². The Labute approximate surface area is 123 Å². The summed E-state index contributed by atoms with van der Waals surface area (Å²) in [7, 11) is 0. The van der Waals surface area contributed by atoms with Crippen molar-refractivity contribution in [2.24, 2.45) is 0 Å². The summed E-state index contributed by atoms with van der Waals surface area (Å²) in [6.07, 6.45) is 0. The summed E-state index contributed by atoms with van der Waals surface area (Å²) in [6, 6.07) is 5.34. The standard InChI is InChI=1S/C15H17NO5/c1-2-18-10-15(17)16-7-3-4-8-19-12-5-6-13-14(9-12)21-11-20-13/h5-6,9H,2,7-8,10-11H2,1H3,(H,16,17). The van der Waals surface area contributed by atoms with E-state index in [1.807, 2.05) is 6.92 Å². The van der Waals surface area contributed by atoms with Gasteiger partial charge in [-0.15, -0.1) is 0 Å². The van der Waals surface area contributed by atoms with Crippen LogP contribution in [0.5, 0.6) is 17.2 Å². The highest BCUT2D eigenvalue weighted by atomic mass is 16.7. The highest BCUT2D eigenvalue weighted by Gasteiger charge is 2.13. The van der Waals surface area contributed by atoms with Gasteiger partial charge in [-0.05, 0) is 19.1 Å². The van der Waals surface area contributed by atoms with Gasteiger partial charge in [-0.1, -0.05) is 11.8 Å². The zero-order valence-electron chi connectivity index (χ0n) is 11.8. The van der Waals surface area contributed by atoms with Crippen LogP contribution in [-0.4, -0.2) is 39.1 Å². The molecule has 1 aromatic carbocycles. The fourth-order valence-electron chi connectivity index (χ4n) is 1.59. The van der Waals surface area contributed by atoms with E-state index in [4.69, 9.17) is 18.9 Å². The second-order valence-electron chi connectivity index (χ2n) is 4.07. The first-order valence-electron chi connectivity index (χ1n) is 6.62. The molecule has 6 heteroatoms. The maximum absolute atomic E-state index is 11.2. The Morgan fingerprint density at radius 3 is 3.05 bits per heavy atom. The molecule has 0 saturated heterocycles. The van der Waals surface area contributed by atoms with Gasteiger partial charge in [-0.25, -0.2) is 0 Å². The third kappa shape index (κ3) is 4.89. The molecule has 0 aliphatic carbocycles. The first kappa shape index (κ1) is 15.0. The molecular formula is C15H17NO5. The van der Waals surface area contributed by atoms with E-state index in [1.165, 1.54) is 0 Å². The molecule has 112 valence electrons. The molecule has 0 spiro atoms. The number of carbonyl (C=O) groups is 1. The summed E-state index contributed by atoms with van der Waals surface area (Å²) in [5.41, 5.74) is 0. The Morgan fingerprint density at radius 1 is 1.33 bits per heavy atom. The molecule has 1 heterocycles. The fraction of sp³-hybridized carbons (Fsp3) is 0.400. The van der Waals surface area contributed by atoms with E-state index >= 15 is 0 Å². The van der Waals surface area contributed by atoms with Gasteiger partial charge >= 0.3 is 0 Å². The molecular weight excluding hydrogens is 274 g/mol. The second kappa shape index (κ2) is 8.02. The van der Waals surface area contributed by atoms with Crippen molar-refractivity contribution in [3.63, 3.8) is 0 Å². The number of benzene rings is 1. The van der Waals surface area contributed by atoms with Crippen molar-refractivity contribution in [1.82, 2.24) is 5.32 Å². The van der Waals surface area contributed by atoms with E-state index in [0.29, 0.717) is 23.9 Å². The molecule has 0 atom stereocenters. The average molecular weight is 291 g/mol. The van der Waals surface area contributed by atoms with Crippen molar-refractivity contribution < 1.29 is 23.7 Å². The normalized spacial score (nSPS) is 11.5. The molecule has 0 bridgehead atoms. The monoisotopic (exact) mass is 291 g/mol. The van der Waals surface area contributed by atoms with Crippen molar-refractivity contribution in [2.45, 2.75) is 6.92 Å². The molecule has 1 amide bonds. The van der Waals surface area contributed by atoms with Gasteiger partial charge in [0.1, 0.15) is 19.0 Å². The van der Waals surface area contributed by atoms with Gasteiger partial charge < -0.3 is 24.3 Å². The summed E-state index contributed by atoms with van der Waals surface area (Å²) in [5.74, 6) is 7.48. The minimum absolute atomic E-state index is 0.0614. The number of hydrogen-bond acceptors (Lipinski definition) is 5. The highest BCUT2D eigenvalue weighted by Crippen LogP contribution is 2.34. The first-order valence-corrected chi connectivity index (χ1v) is 6.62. The first-order chi connectivity index (χ1) is 10.3. The zero-order chi connectivity index (χ0) is 14.9. The highest BCUT2D eigenvalue weighted by molar-refractivity contribution is 5.77. The molecule has 1 N–H and O–H groups in total. The molecule has 0 saturated carbocycles. The number of fused-ring (bicyclic) bond motifs is 1. The minimum Gasteiger partial charge on any atom is -0.481 e. The largest absolute Gasteiger partial charge is 0.481 e. The van der Waals surface area contributed by atoms with Crippen LogP contribution >= 0.6 is 0 Å².